The smallest absolute Gasteiger partial charge is 0.252 e. The lowest BCUT2D eigenvalue weighted by Gasteiger charge is -2.18. The number of nitrogens with zero attached hydrogens (tertiary/aromatic N) is 1. The topological polar surface area (TPSA) is 49.4 Å². The van der Waals surface area contributed by atoms with Gasteiger partial charge in [0.05, 0.1) is 6.42 Å². The molecule has 0 aromatic heterocycles. The van der Waals surface area contributed by atoms with Gasteiger partial charge in [-0.05, 0) is 24.5 Å². The number of para-hydroxylation sites is 1. The van der Waals surface area contributed by atoms with Gasteiger partial charge in [-0.25, -0.2) is 0 Å². The van der Waals surface area contributed by atoms with Gasteiger partial charge < -0.3 is 5.32 Å². The molecule has 1 unspecified atom stereocenters. The molecule has 1 N–H and O–H groups in total. The fourth-order valence-corrected chi connectivity index (χ4v) is 2.45. The van der Waals surface area contributed by atoms with Gasteiger partial charge in [-0.2, -0.15) is 0 Å². The van der Waals surface area contributed by atoms with Gasteiger partial charge >= 0.3 is 0 Å². The Hall–Kier alpha value is -1.84. The number of imide groups is 1. The highest BCUT2D eigenvalue weighted by molar-refractivity contribution is 6.06. The Morgan fingerprint density at radius 3 is 2.58 bits per heavy atom. The standard InChI is InChI=1S/C15H20N2O2/c1-4-17-14(18)9-13(15(17)19)16-12-8-6-5-7-11(12)10(2)3/h5-8,10,13,16H,4,9H2,1-3H3. The summed E-state index contributed by atoms with van der Waals surface area (Å²) in [5, 5.41) is 3.22. The minimum absolute atomic E-state index is 0.0907. The van der Waals surface area contributed by atoms with Crippen LogP contribution in [-0.2, 0) is 9.59 Å². The van der Waals surface area contributed by atoms with E-state index in [-0.39, 0.29) is 18.2 Å². The molecule has 2 rings (SSSR count). The van der Waals surface area contributed by atoms with Crippen LogP contribution >= 0.6 is 0 Å². The van der Waals surface area contributed by atoms with Crippen molar-refractivity contribution in [3.63, 3.8) is 0 Å². The number of nitrogens with one attached hydrogen (secondary N) is 1. The second kappa shape index (κ2) is 5.43. The van der Waals surface area contributed by atoms with Crippen LogP contribution < -0.4 is 5.32 Å². The molecule has 0 aliphatic carbocycles. The summed E-state index contributed by atoms with van der Waals surface area (Å²) in [6.07, 6.45) is 0.249. The predicted molar refractivity (Wildman–Crippen MR) is 75.0 cm³/mol. The fourth-order valence-electron chi connectivity index (χ4n) is 2.45. The molecule has 102 valence electrons. The summed E-state index contributed by atoms with van der Waals surface area (Å²) in [4.78, 5) is 25.1. The van der Waals surface area contributed by atoms with E-state index in [1.165, 1.54) is 4.90 Å². The monoisotopic (exact) mass is 260 g/mol. The lowest BCUT2D eigenvalue weighted by Crippen LogP contribution is -2.34. The van der Waals surface area contributed by atoms with Crippen LogP contribution in [0.25, 0.3) is 0 Å². The number of rotatable bonds is 4. The van der Waals surface area contributed by atoms with E-state index in [2.05, 4.69) is 19.2 Å². The molecule has 0 radical (unpaired) electrons. The first kappa shape index (κ1) is 13.6. The van der Waals surface area contributed by atoms with Crippen molar-refractivity contribution < 1.29 is 9.59 Å². The van der Waals surface area contributed by atoms with Crippen molar-refractivity contribution >= 4 is 17.5 Å². The quantitative estimate of drug-likeness (QED) is 0.845. The van der Waals surface area contributed by atoms with E-state index in [1.807, 2.05) is 31.2 Å². The van der Waals surface area contributed by atoms with E-state index in [4.69, 9.17) is 0 Å². The van der Waals surface area contributed by atoms with Gasteiger partial charge in [-0.3, -0.25) is 14.5 Å². The van der Waals surface area contributed by atoms with Crippen molar-refractivity contribution in [1.82, 2.24) is 4.90 Å². The molecule has 4 heteroatoms. The molecule has 1 saturated heterocycles. The molecule has 1 aliphatic heterocycles. The predicted octanol–water partition coefficient (Wildman–Crippen LogP) is 2.37. The SMILES string of the molecule is CCN1C(=O)CC(Nc2ccccc2C(C)C)C1=O. The zero-order valence-corrected chi connectivity index (χ0v) is 11.6. The Morgan fingerprint density at radius 2 is 2.00 bits per heavy atom. The first-order valence-corrected chi connectivity index (χ1v) is 6.74. The number of carbonyl (C=O) groups is 2. The maximum atomic E-state index is 12.1. The van der Waals surface area contributed by atoms with E-state index < -0.39 is 6.04 Å². The summed E-state index contributed by atoms with van der Waals surface area (Å²) in [5.74, 6) is 0.163. The summed E-state index contributed by atoms with van der Waals surface area (Å²) in [6.45, 7) is 6.49. The van der Waals surface area contributed by atoms with Crippen LogP contribution in [0, 0.1) is 0 Å². The first-order valence-electron chi connectivity index (χ1n) is 6.74. The van der Waals surface area contributed by atoms with Crippen molar-refractivity contribution in [2.45, 2.75) is 39.2 Å². The minimum Gasteiger partial charge on any atom is -0.373 e. The Balaban J connectivity index is 2.19. The van der Waals surface area contributed by atoms with Crippen LogP contribution in [0.1, 0.15) is 38.7 Å². The molecule has 4 nitrogen and oxygen atoms in total. The zero-order valence-electron chi connectivity index (χ0n) is 11.6. The Morgan fingerprint density at radius 1 is 1.32 bits per heavy atom. The summed E-state index contributed by atoms with van der Waals surface area (Å²) < 4.78 is 0. The number of likely N-dealkylation sites (tertiary alicyclic amines) is 1. The number of carbonyl (C=O) groups excluding carboxylic acids is 2. The third kappa shape index (κ3) is 2.62. The molecule has 1 atom stereocenters. The second-order valence-electron chi connectivity index (χ2n) is 5.12. The Kier molecular flexibility index (Phi) is 3.88. The van der Waals surface area contributed by atoms with Gasteiger partial charge in [0.1, 0.15) is 6.04 Å². The molecule has 1 aliphatic rings. The number of hydrogen-bond donors (Lipinski definition) is 1. The molecular formula is C15H20N2O2. The van der Waals surface area contributed by atoms with Crippen molar-refractivity contribution in [3.05, 3.63) is 29.8 Å². The lowest BCUT2D eigenvalue weighted by atomic mass is 10.0. The molecule has 1 heterocycles. The number of amides is 2. The number of anilines is 1. The molecule has 0 saturated carbocycles. The van der Waals surface area contributed by atoms with E-state index in [1.54, 1.807) is 0 Å². The summed E-state index contributed by atoms with van der Waals surface area (Å²) in [5.41, 5.74) is 2.11. The van der Waals surface area contributed by atoms with Crippen molar-refractivity contribution in [2.75, 3.05) is 11.9 Å². The number of likely N-dealkylation sites (N-methyl/N-ethyl adjacent to an activating group) is 1. The molecule has 2 amide bonds. The third-order valence-corrected chi connectivity index (χ3v) is 3.47. The highest BCUT2D eigenvalue weighted by Crippen LogP contribution is 2.26. The lowest BCUT2D eigenvalue weighted by molar-refractivity contribution is -0.138. The molecule has 1 aromatic rings. The summed E-state index contributed by atoms with van der Waals surface area (Å²) in [6, 6.07) is 7.51. The molecule has 1 fully saturated rings. The molecule has 19 heavy (non-hydrogen) atoms. The number of hydrogen-bond acceptors (Lipinski definition) is 3. The van der Waals surface area contributed by atoms with E-state index in [0.717, 1.165) is 11.3 Å². The van der Waals surface area contributed by atoms with Crippen molar-refractivity contribution in [2.24, 2.45) is 0 Å². The largest absolute Gasteiger partial charge is 0.373 e. The van der Waals surface area contributed by atoms with Crippen LogP contribution in [0.4, 0.5) is 5.69 Å². The van der Waals surface area contributed by atoms with Crippen LogP contribution in [0.15, 0.2) is 24.3 Å². The molecule has 1 aromatic carbocycles. The Bertz CT molecular complexity index is 497. The summed E-state index contributed by atoms with van der Waals surface area (Å²) >= 11 is 0. The van der Waals surface area contributed by atoms with Crippen molar-refractivity contribution in [1.29, 1.82) is 0 Å². The highest BCUT2D eigenvalue weighted by atomic mass is 16.2. The van der Waals surface area contributed by atoms with Crippen LogP contribution in [0.3, 0.4) is 0 Å². The average molecular weight is 260 g/mol. The normalized spacial score (nSPS) is 19.4. The van der Waals surface area contributed by atoms with E-state index in [9.17, 15) is 9.59 Å². The second-order valence-corrected chi connectivity index (χ2v) is 5.12. The maximum Gasteiger partial charge on any atom is 0.252 e. The zero-order chi connectivity index (χ0) is 14.0. The van der Waals surface area contributed by atoms with Crippen LogP contribution in [0.5, 0.6) is 0 Å². The van der Waals surface area contributed by atoms with E-state index >= 15 is 0 Å². The third-order valence-electron chi connectivity index (χ3n) is 3.47. The highest BCUT2D eigenvalue weighted by Gasteiger charge is 2.37. The van der Waals surface area contributed by atoms with Gasteiger partial charge in [0.2, 0.25) is 5.91 Å². The molecule has 0 bridgehead atoms. The van der Waals surface area contributed by atoms with Crippen LogP contribution in [-0.4, -0.2) is 29.3 Å². The maximum absolute atomic E-state index is 12.1. The van der Waals surface area contributed by atoms with Gasteiger partial charge in [-0.15, -0.1) is 0 Å². The van der Waals surface area contributed by atoms with Crippen molar-refractivity contribution in [3.8, 4) is 0 Å². The first-order chi connectivity index (χ1) is 9.04. The number of benzene rings is 1. The summed E-state index contributed by atoms with van der Waals surface area (Å²) in [7, 11) is 0. The molecule has 0 spiro atoms. The minimum atomic E-state index is -0.424. The van der Waals surface area contributed by atoms with Gasteiger partial charge in [-0.1, -0.05) is 32.0 Å². The van der Waals surface area contributed by atoms with Gasteiger partial charge in [0.25, 0.3) is 5.91 Å². The fraction of sp³-hybridized carbons (Fsp3) is 0.467. The van der Waals surface area contributed by atoms with Crippen LogP contribution in [0.2, 0.25) is 0 Å². The van der Waals surface area contributed by atoms with Gasteiger partial charge in [0, 0.05) is 12.2 Å². The van der Waals surface area contributed by atoms with E-state index in [0.29, 0.717) is 12.5 Å². The Labute approximate surface area is 113 Å². The molecular weight excluding hydrogens is 240 g/mol. The van der Waals surface area contributed by atoms with Gasteiger partial charge in [0.15, 0.2) is 0 Å². The average Bonchev–Trinajstić information content (AvgIpc) is 2.64.